The number of rotatable bonds is 2. The van der Waals surface area contributed by atoms with Gasteiger partial charge in [0, 0.05) is 6.20 Å². The number of H-pyrrole nitrogens is 1. The lowest BCUT2D eigenvalue weighted by Gasteiger charge is -1.98. The van der Waals surface area contributed by atoms with Crippen LogP contribution in [0.2, 0.25) is 0 Å². The molecule has 0 fully saturated rings. The first kappa shape index (κ1) is 8.95. The van der Waals surface area contributed by atoms with Crippen molar-refractivity contribution in [2.24, 2.45) is 0 Å². The van der Waals surface area contributed by atoms with Crippen LogP contribution in [-0.4, -0.2) is 20.4 Å². The molecule has 12 heavy (non-hydrogen) atoms. The van der Waals surface area contributed by atoms with Gasteiger partial charge in [-0.15, -0.1) is 0 Å². The van der Waals surface area contributed by atoms with Crippen LogP contribution in [0, 0.1) is 0 Å². The Morgan fingerprint density at radius 3 is 2.67 bits per heavy atom. The molecule has 0 amide bonds. The number of pyridine rings is 1. The van der Waals surface area contributed by atoms with Crippen LogP contribution in [0.4, 0.5) is 0 Å². The van der Waals surface area contributed by atoms with E-state index in [-0.39, 0.29) is 4.90 Å². The first-order chi connectivity index (χ1) is 5.58. The lowest BCUT2D eigenvalue weighted by atomic mass is 10.5. The number of nitrogens with one attached hydrogen (secondary N) is 2. The first-order valence-corrected chi connectivity index (χ1v) is 4.67. The maximum absolute atomic E-state index is 11.1. The van der Waals surface area contributed by atoms with Crippen LogP contribution in [-0.2, 0) is 10.0 Å². The molecule has 0 saturated carbocycles. The summed E-state index contributed by atoms with van der Waals surface area (Å²) in [6.07, 6.45) is 1.37. The summed E-state index contributed by atoms with van der Waals surface area (Å²) in [7, 11) is -2.37. The van der Waals surface area contributed by atoms with E-state index in [4.69, 9.17) is 0 Å². The molecular weight excluding hydrogens is 180 g/mol. The van der Waals surface area contributed by atoms with Gasteiger partial charge in [-0.05, 0) is 19.2 Å². The summed E-state index contributed by atoms with van der Waals surface area (Å²) in [6, 6.07) is 2.69. The molecule has 6 heteroatoms. The van der Waals surface area contributed by atoms with Crippen LogP contribution in [0.5, 0.6) is 0 Å². The Balaban J connectivity index is 3.40. The zero-order valence-electron chi connectivity index (χ0n) is 6.37. The fourth-order valence-corrected chi connectivity index (χ4v) is 1.51. The molecule has 0 saturated heterocycles. The normalized spacial score (nSPS) is 11.4. The topological polar surface area (TPSA) is 79.0 Å². The fraction of sp³-hybridized carbons (Fsp3) is 0.167. The molecule has 0 aliphatic rings. The highest BCUT2D eigenvalue weighted by atomic mass is 32.2. The van der Waals surface area contributed by atoms with Gasteiger partial charge in [0.1, 0.15) is 4.90 Å². The highest BCUT2D eigenvalue weighted by Gasteiger charge is 2.14. The summed E-state index contributed by atoms with van der Waals surface area (Å²) in [6.45, 7) is 0. The Labute approximate surface area is 69.5 Å². The first-order valence-electron chi connectivity index (χ1n) is 3.19. The molecule has 2 N–H and O–H groups in total. The number of aromatic nitrogens is 1. The van der Waals surface area contributed by atoms with Crippen molar-refractivity contribution >= 4 is 10.0 Å². The van der Waals surface area contributed by atoms with Crippen LogP contribution in [0.3, 0.4) is 0 Å². The zero-order chi connectivity index (χ0) is 9.19. The van der Waals surface area contributed by atoms with E-state index in [1.165, 1.54) is 25.4 Å². The quantitative estimate of drug-likeness (QED) is 0.643. The molecule has 1 rings (SSSR count). The summed E-state index contributed by atoms with van der Waals surface area (Å²) in [5, 5.41) is 0. The molecule has 1 aromatic heterocycles. The van der Waals surface area contributed by atoms with Gasteiger partial charge in [-0.25, -0.2) is 13.1 Å². The SMILES string of the molecule is CNS(=O)(=O)c1ccc[nH]c1=O. The molecule has 1 heterocycles. The van der Waals surface area contributed by atoms with Gasteiger partial charge in [0.2, 0.25) is 10.0 Å². The van der Waals surface area contributed by atoms with Gasteiger partial charge in [-0.2, -0.15) is 0 Å². The molecule has 5 nitrogen and oxygen atoms in total. The smallest absolute Gasteiger partial charge is 0.268 e. The highest BCUT2D eigenvalue weighted by Crippen LogP contribution is 1.97. The van der Waals surface area contributed by atoms with Gasteiger partial charge in [-0.1, -0.05) is 0 Å². The van der Waals surface area contributed by atoms with Gasteiger partial charge in [0.05, 0.1) is 0 Å². The van der Waals surface area contributed by atoms with Crippen molar-refractivity contribution in [3.8, 4) is 0 Å². The van der Waals surface area contributed by atoms with Gasteiger partial charge >= 0.3 is 0 Å². The van der Waals surface area contributed by atoms with Gasteiger partial charge in [-0.3, -0.25) is 4.79 Å². The van der Waals surface area contributed by atoms with E-state index in [1.807, 2.05) is 0 Å². The second kappa shape index (κ2) is 3.08. The maximum Gasteiger partial charge on any atom is 0.268 e. The Morgan fingerprint density at radius 2 is 2.17 bits per heavy atom. The minimum Gasteiger partial charge on any atom is -0.328 e. The second-order valence-electron chi connectivity index (χ2n) is 2.07. The summed E-state index contributed by atoms with van der Waals surface area (Å²) >= 11 is 0. The molecular formula is C6H8N2O3S. The third kappa shape index (κ3) is 1.54. The van der Waals surface area contributed by atoms with E-state index >= 15 is 0 Å². The summed E-state index contributed by atoms with van der Waals surface area (Å²) in [5.74, 6) is 0. The number of sulfonamides is 1. The van der Waals surface area contributed by atoms with Crippen LogP contribution in [0.25, 0.3) is 0 Å². The van der Waals surface area contributed by atoms with Crippen molar-refractivity contribution in [2.45, 2.75) is 4.90 Å². The Bertz CT molecular complexity index is 420. The summed E-state index contributed by atoms with van der Waals surface area (Å²) in [4.78, 5) is 12.9. The Hall–Kier alpha value is -1.14. The molecule has 66 valence electrons. The Morgan fingerprint density at radius 1 is 1.50 bits per heavy atom. The van der Waals surface area contributed by atoms with Gasteiger partial charge in [0.25, 0.3) is 5.56 Å². The van der Waals surface area contributed by atoms with Crippen molar-refractivity contribution in [1.82, 2.24) is 9.71 Å². The van der Waals surface area contributed by atoms with Crippen LogP contribution >= 0.6 is 0 Å². The van der Waals surface area contributed by atoms with Crippen molar-refractivity contribution in [1.29, 1.82) is 0 Å². The number of hydrogen-bond acceptors (Lipinski definition) is 3. The van der Waals surface area contributed by atoms with Crippen molar-refractivity contribution in [2.75, 3.05) is 7.05 Å². The highest BCUT2D eigenvalue weighted by molar-refractivity contribution is 7.89. The molecule has 0 spiro atoms. The standard InChI is InChI=1S/C6H8N2O3S/c1-7-12(10,11)5-3-2-4-8-6(5)9/h2-4,7H,1H3,(H,8,9). The zero-order valence-corrected chi connectivity index (χ0v) is 7.18. The van der Waals surface area contributed by atoms with Crippen LogP contribution < -0.4 is 10.3 Å². The molecule has 0 aromatic carbocycles. The summed E-state index contributed by atoms with van der Waals surface area (Å²) < 4.78 is 24.2. The monoisotopic (exact) mass is 188 g/mol. The molecule has 0 unspecified atom stereocenters. The molecule has 0 atom stereocenters. The maximum atomic E-state index is 11.1. The van der Waals surface area contributed by atoms with E-state index in [0.29, 0.717) is 0 Å². The molecule has 0 aliphatic carbocycles. The second-order valence-corrected chi connectivity index (χ2v) is 3.93. The minimum absolute atomic E-state index is 0.271. The third-order valence-electron chi connectivity index (χ3n) is 1.34. The molecule has 0 aliphatic heterocycles. The molecule has 0 bridgehead atoms. The predicted octanol–water partition coefficient (Wildman–Crippen LogP) is -0.717. The van der Waals surface area contributed by atoms with E-state index < -0.39 is 15.6 Å². The fourth-order valence-electron chi connectivity index (χ4n) is 0.728. The molecule has 1 aromatic rings. The van der Waals surface area contributed by atoms with Crippen molar-refractivity contribution in [3.63, 3.8) is 0 Å². The van der Waals surface area contributed by atoms with E-state index in [2.05, 4.69) is 9.71 Å². The molecule has 0 radical (unpaired) electrons. The van der Waals surface area contributed by atoms with Crippen LogP contribution in [0.1, 0.15) is 0 Å². The number of hydrogen-bond donors (Lipinski definition) is 2. The van der Waals surface area contributed by atoms with E-state index in [9.17, 15) is 13.2 Å². The third-order valence-corrected chi connectivity index (χ3v) is 2.78. The van der Waals surface area contributed by atoms with Gasteiger partial charge in [0.15, 0.2) is 0 Å². The predicted molar refractivity (Wildman–Crippen MR) is 43.3 cm³/mol. The Kier molecular flexibility index (Phi) is 2.30. The number of aromatic amines is 1. The van der Waals surface area contributed by atoms with Crippen molar-refractivity contribution in [3.05, 3.63) is 28.7 Å². The van der Waals surface area contributed by atoms with E-state index in [1.54, 1.807) is 0 Å². The van der Waals surface area contributed by atoms with Crippen LogP contribution in [0.15, 0.2) is 28.0 Å². The average Bonchev–Trinajstić information content (AvgIpc) is 2.05. The van der Waals surface area contributed by atoms with E-state index in [0.717, 1.165) is 0 Å². The lowest BCUT2D eigenvalue weighted by Crippen LogP contribution is -2.25. The lowest BCUT2D eigenvalue weighted by molar-refractivity contribution is 0.587. The minimum atomic E-state index is -3.62. The van der Waals surface area contributed by atoms with Gasteiger partial charge < -0.3 is 4.98 Å². The van der Waals surface area contributed by atoms with Crippen molar-refractivity contribution < 1.29 is 8.42 Å². The largest absolute Gasteiger partial charge is 0.328 e. The summed E-state index contributed by atoms with van der Waals surface area (Å²) in [5.41, 5.74) is -0.619. The average molecular weight is 188 g/mol.